The van der Waals surface area contributed by atoms with Crippen molar-refractivity contribution in [3.05, 3.63) is 48.2 Å². The second-order valence-electron chi connectivity index (χ2n) is 6.80. The van der Waals surface area contributed by atoms with Crippen LogP contribution in [0.25, 0.3) is 33.8 Å². The quantitative estimate of drug-likeness (QED) is 0.417. The Hall–Kier alpha value is -3.78. The summed E-state index contributed by atoms with van der Waals surface area (Å²) in [5.74, 6) is 0.0309. The molecular formula is C18H15F3N8O2S. The number of H-pyrrole nitrogens is 1. The number of hydrogen-bond donors (Lipinski definition) is 3. The van der Waals surface area contributed by atoms with Gasteiger partial charge in [-0.05, 0) is 33.2 Å². The standard InChI is InChI=1S/C18H15F3N8O2S/c1-29-13(8-24-17(29)22)10-4-2-9(3-5-10)11-6-7-12(18(19,20)21)15(32(23,30)31)14(11)16-25-27-28-26-16/h2-8H,1H3,(H2,22,24)(H2,23,30,31)(H,25,26,27,28). The molecule has 4 aromatic rings. The van der Waals surface area contributed by atoms with Crippen LogP contribution in [0.4, 0.5) is 19.1 Å². The molecule has 4 rings (SSSR count). The average Bonchev–Trinajstić information content (AvgIpc) is 3.36. The third-order valence-electron chi connectivity index (χ3n) is 4.85. The molecule has 0 saturated heterocycles. The Labute approximate surface area is 179 Å². The van der Waals surface area contributed by atoms with Crippen molar-refractivity contribution in [1.82, 2.24) is 30.2 Å². The van der Waals surface area contributed by atoms with Crippen LogP contribution in [-0.2, 0) is 23.2 Å². The number of nitrogens with zero attached hydrogens (tertiary/aromatic N) is 5. The van der Waals surface area contributed by atoms with Crippen molar-refractivity contribution >= 4 is 16.0 Å². The maximum Gasteiger partial charge on any atom is 0.417 e. The summed E-state index contributed by atoms with van der Waals surface area (Å²) in [5, 5.41) is 17.8. The summed E-state index contributed by atoms with van der Waals surface area (Å²) in [7, 11) is -3.09. The molecule has 0 saturated carbocycles. The third-order valence-corrected chi connectivity index (χ3v) is 5.84. The van der Waals surface area contributed by atoms with Gasteiger partial charge in [-0.2, -0.15) is 13.2 Å². The summed E-state index contributed by atoms with van der Waals surface area (Å²) >= 11 is 0. The van der Waals surface area contributed by atoms with Crippen LogP contribution in [0, 0.1) is 0 Å². The molecule has 0 radical (unpaired) electrons. The van der Waals surface area contributed by atoms with Crippen LogP contribution in [0.5, 0.6) is 0 Å². The van der Waals surface area contributed by atoms with E-state index in [1.165, 1.54) is 0 Å². The molecule has 0 aliphatic rings. The second-order valence-corrected chi connectivity index (χ2v) is 8.29. The van der Waals surface area contributed by atoms with Crippen molar-refractivity contribution in [2.24, 2.45) is 12.2 Å². The van der Waals surface area contributed by atoms with E-state index in [0.717, 1.165) is 11.6 Å². The lowest BCUT2D eigenvalue weighted by molar-refractivity contribution is -0.139. The third kappa shape index (κ3) is 3.69. The fourth-order valence-electron chi connectivity index (χ4n) is 3.35. The van der Waals surface area contributed by atoms with Crippen LogP contribution in [-0.4, -0.2) is 38.6 Å². The number of imidazole rings is 1. The van der Waals surface area contributed by atoms with Gasteiger partial charge in [0.15, 0.2) is 11.8 Å². The second kappa shape index (κ2) is 7.42. The first-order valence-corrected chi connectivity index (χ1v) is 10.4. The highest BCUT2D eigenvalue weighted by molar-refractivity contribution is 7.89. The lowest BCUT2D eigenvalue weighted by Gasteiger charge is -2.18. The van der Waals surface area contributed by atoms with Gasteiger partial charge in [-0.25, -0.2) is 23.6 Å². The Morgan fingerprint density at radius 3 is 2.22 bits per heavy atom. The van der Waals surface area contributed by atoms with Crippen LogP contribution in [0.2, 0.25) is 0 Å². The predicted octanol–water partition coefficient (Wildman–Crippen LogP) is 2.18. The maximum absolute atomic E-state index is 13.6. The number of nitrogens with two attached hydrogens (primary N) is 2. The normalized spacial score (nSPS) is 12.3. The number of primary sulfonamides is 1. The zero-order chi connectivity index (χ0) is 23.3. The maximum atomic E-state index is 13.6. The van der Waals surface area contributed by atoms with Crippen LogP contribution >= 0.6 is 0 Å². The summed E-state index contributed by atoms with van der Waals surface area (Å²) in [6, 6.07) is 8.43. The lowest BCUT2D eigenvalue weighted by Crippen LogP contribution is -2.21. The molecule has 14 heteroatoms. The number of tetrazole rings is 1. The molecular weight excluding hydrogens is 449 g/mol. The smallest absolute Gasteiger partial charge is 0.369 e. The van der Waals surface area contributed by atoms with Crippen LogP contribution in [0.1, 0.15) is 5.56 Å². The highest BCUT2D eigenvalue weighted by atomic mass is 32.2. The Bertz CT molecular complexity index is 1400. The number of rotatable bonds is 4. The van der Waals surface area contributed by atoms with E-state index in [1.807, 2.05) is 0 Å². The number of aromatic nitrogens is 6. The van der Waals surface area contributed by atoms with Gasteiger partial charge in [0.05, 0.1) is 17.5 Å². The summed E-state index contributed by atoms with van der Waals surface area (Å²) in [6.07, 6.45) is -3.40. The van der Waals surface area contributed by atoms with E-state index in [-0.39, 0.29) is 17.0 Å². The number of nitrogen functional groups attached to an aromatic ring is 1. The van der Waals surface area contributed by atoms with E-state index < -0.39 is 26.7 Å². The van der Waals surface area contributed by atoms with Crippen LogP contribution in [0.3, 0.4) is 0 Å². The number of benzene rings is 2. The molecule has 0 aliphatic carbocycles. The van der Waals surface area contributed by atoms with Crippen molar-refractivity contribution in [3.63, 3.8) is 0 Å². The van der Waals surface area contributed by atoms with Gasteiger partial charge in [-0.1, -0.05) is 30.3 Å². The molecule has 0 fully saturated rings. The number of alkyl halides is 3. The number of sulfonamides is 1. The first kappa shape index (κ1) is 21.5. The molecule has 10 nitrogen and oxygen atoms in total. The molecule has 0 unspecified atom stereocenters. The minimum atomic E-state index is -4.98. The van der Waals surface area contributed by atoms with Crippen molar-refractivity contribution in [1.29, 1.82) is 0 Å². The Morgan fingerprint density at radius 1 is 1.06 bits per heavy atom. The minimum absolute atomic E-state index is 0.136. The Balaban J connectivity index is 1.97. The van der Waals surface area contributed by atoms with E-state index in [2.05, 4.69) is 25.6 Å². The van der Waals surface area contributed by atoms with E-state index in [1.54, 1.807) is 42.1 Å². The molecule has 0 spiro atoms. The molecule has 0 aliphatic heterocycles. The summed E-state index contributed by atoms with van der Waals surface area (Å²) in [6.45, 7) is 0. The largest absolute Gasteiger partial charge is 0.417 e. The van der Waals surface area contributed by atoms with Gasteiger partial charge in [0.25, 0.3) is 0 Å². The Kier molecular flexibility index (Phi) is 4.97. The van der Waals surface area contributed by atoms with Crippen molar-refractivity contribution in [2.75, 3.05) is 5.73 Å². The first-order valence-electron chi connectivity index (χ1n) is 8.87. The average molecular weight is 464 g/mol. The molecule has 5 N–H and O–H groups in total. The first-order chi connectivity index (χ1) is 15.0. The van der Waals surface area contributed by atoms with Crippen molar-refractivity contribution < 1.29 is 21.6 Å². The molecule has 0 bridgehead atoms. The molecule has 2 aromatic carbocycles. The van der Waals surface area contributed by atoms with E-state index in [4.69, 9.17) is 10.9 Å². The molecule has 32 heavy (non-hydrogen) atoms. The van der Waals surface area contributed by atoms with Gasteiger partial charge in [0.1, 0.15) is 4.90 Å². The molecule has 166 valence electrons. The summed E-state index contributed by atoms with van der Waals surface area (Å²) in [4.78, 5) is 2.90. The van der Waals surface area contributed by atoms with E-state index in [9.17, 15) is 21.6 Å². The van der Waals surface area contributed by atoms with E-state index >= 15 is 0 Å². The van der Waals surface area contributed by atoms with Crippen LogP contribution < -0.4 is 10.9 Å². The monoisotopic (exact) mass is 464 g/mol. The number of hydrogen-bond acceptors (Lipinski definition) is 7. The summed E-state index contributed by atoms with van der Waals surface area (Å²) in [5.41, 5.74) is 5.94. The highest BCUT2D eigenvalue weighted by Gasteiger charge is 2.39. The lowest BCUT2D eigenvalue weighted by atomic mass is 9.95. The number of anilines is 1. The minimum Gasteiger partial charge on any atom is -0.369 e. The molecule has 0 amide bonds. The zero-order valence-corrected chi connectivity index (χ0v) is 17.1. The zero-order valence-electron chi connectivity index (χ0n) is 16.3. The summed E-state index contributed by atoms with van der Waals surface area (Å²) < 4.78 is 67.0. The predicted molar refractivity (Wildman–Crippen MR) is 108 cm³/mol. The van der Waals surface area contributed by atoms with E-state index in [0.29, 0.717) is 23.3 Å². The molecule has 2 heterocycles. The van der Waals surface area contributed by atoms with Gasteiger partial charge in [0, 0.05) is 12.6 Å². The van der Waals surface area contributed by atoms with Gasteiger partial charge < -0.3 is 10.3 Å². The SMILES string of the molecule is Cn1c(-c2ccc(-c3ccc(C(F)(F)F)c(S(N)(=O)=O)c3-c3nnn[nH]3)cc2)cnc1N. The van der Waals surface area contributed by atoms with Crippen LogP contribution in [0.15, 0.2) is 47.5 Å². The van der Waals surface area contributed by atoms with Crippen molar-refractivity contribution in [2.45, 2.75) is 11.1 Å². The fraction of sp³-hybridized carbons (Fsp3) is 0.111. The number of halogens is 3. The molecule has 2 aromatic heterocycles. The highest BCUT2D eigenvalue weighted by Crippen LogP contribution is 2.43. The van der Waals surface area contributed by atoms with Gasteiger partial charge in [0.2, 0.25) is 10.0 Å². The fourth-order valence-corrected chi connectivity index (χ4v) is 4.34. The Morgan fingerprint density at radius 2 is 1.72 bits per heavy atom. The topological polar surface area (TPSA) is 158 Å². The molecule has 0 atom stereocenters. The van der Waals surface area contributed by atoms with Crippen molar-refractivity contribution in [3.8, 4) is 33.8 Å². The van der Waals surface area contributed by atoms with Gasteiger partial charge in [-0.3, -0.25) is 0 Å². The van der Waals surface area contributed by atoms with Gasteiger partial charge >= 0.3 is 6.18 Å². The number of aromatic amines is 1. The van der Waals surface area contributed by atoms with Gasteiger partial charge in [-0.15, -0.1) is 5.10 Å². The number of nitrogens with one attached hydrogen (secondary N) is 1.